The summed E-state index contributed by atoms with van der Waals surface area (Å²) in [6.45, 7) is 2.05. The number of anilines is 1. The summed E-state index contributed by atoms with van der Waals surface area (Å²) >= 11 is 0. The molecule has 0 radical (unpaired) electrons. The number of amides is 2. The number of para-hydroxylation sites is 1. The van der Waals surface area contributed by atoms with Crippen molar-refractivity contribution < 1.29 is 14.3 Å². The lowest BCUT2D eigenvalue weighted by atomic mass is 10.0. The quantitative estimate of drug-likeness (QED) is 0.337. The van der Waals surface area contributed by atoms with E-state index in [4.69, 9.17) is 10.5 Å². The van der Waals surface area contributed by atoms with E-state index in [1.807, 2.05) is 30.3 Å². The van der Waals surface area contributed by atoms with Crippen LogP contribution in [-0.2, 0) is 19.3 Å². The lowest BCUT2D eigenvalue weighted by molar-refractivity contribution is 0.0995. The number of nitrogens with zero attached hydrogens (tertiary/aromatic N) is 1. The monoisotopic (exact) mass is 468 g/mol. The Balaban J connectivity index is 1.44. The van der Waals surface area contributed by atoms with Crippen LogP contribution in [0.5, 0.6) is 5.75 Å². The van der Waals surface area contributed by atoms with E-state index in [0.717, 1.165) is 12.0 Å². The number of aromatic nitrogens is 2. The van der Waals surface area contributed by atoms with Crippen molar-refractivity contribution in [3.63, 3.8) is 0 Å². The second-order valence-electron chi connectivity index (χ2n) is 8.40. The summed E-state index contributed by atoms with van der Waals surface area (Å²) in [4.78, 5) is 24.8. The van der Waals surface area contributed by atoms with Crippen LogP contribution in [0.4, 0.5) is 5.69 Å². The molecule has 0 aliphatic heterocycles. The number of nitrogens with one attached hydrogen (secondary N) is 2. The zero-order chi connectivity index (χ0) is 24.8. The van der Waals surface area contributed by atoms with Gasteiger partial charge in [0.15, 0.2) is 0 Å². The Morgan fingerprint density at radius 1 is 0.943 bits per heavy atom. The van der Waals surface area contributed by atoms with Crippen LogP contribution in [0.3, 0.4) is 0 Å². The predicted octanol–water partition coefficient (Wildman–Crippen LogP) is 4.45. The number of carbonyl (C=O) groups is 2. The van der Waals surface area contributed by atoms with E-state index in [0.29, 0.717) is 46.8 Å². The maximum atomic E-state index is 12.6. The van der Waals surface area contributed by atoms with E-state index in [2.05, 4.69) is 46.7 Å². The molecule has 0 aliphatic rings. The van der Waals surface area contributed by atoms with Gasteiger partial charge in [-0.15, -0.1) is 0 Å². The molecule has 0 atom stereocenters. The van der Waals surface area contributed by atoms with Gasteiger partial charge in [-0.2, -0.15) is 5.10 Å². The first-order chi connectivity index (χ1) is 16.9. The Morgan fingerprint density at radius 3 is 2.31 bits per heavy atom. The first kappa shape index (κ1) is 23.8. The molecule has 2 amide bonds. The fourth-order valence-corrected chi connectivity index (χ4v) is 3.98. The van der Waals surface area contributed by atoms with E-state index >= 15 is 0 Å². The number of aromatic amines is 1. The number of H-pyrrole nitrogens is 1. The third kappa shape index (κ3) is 5.76. The van der Waals surface area contributed by atoms with Gasteiger partial charge in [0.25, 0.3) is 11.8 Å². The van der Waals surface area contributed by atoms with Gasteiger partial charge in [-0.1, -0.05) is 54.1 Å². The molecule has 1 aromatic heterocycles. The van der Waals surface area contributed by atoms with E-state index in [9.17, 15) is 9.59 Å². The van der Waals surface area contributed by atoms with Crippen LogP contribution >= 0.6 is 0 Å². The number of carbonyl (C=O) groups excluding carboxylic acids is 2. The van der Waals surface area contributed by atoms with Crippen molar-refractivity contribution in [2.24, 2.45) is 5.73 Å². The average Bonchev–Trinajstić information content (AvgIpc) is 3.27. The van der Waals surface area contributed by atoms with Gasteiger partial charge in [0.2, 0.25) is 0 Å². The molecule has 3 aromatic carbocycles. The minimum atomic E-state index is -0.492. The molecule has 35 heavy (non-hydrogen) atoms. The molecule has 1 heterocycles. The Bertz CT molecular complexity index is 1330. The fraction of sp³-hybridized carbons (Fsp3) is 0.179. The second-order valence-corrected chi connectivity index (χ2v) is 8.40. The highest BCUT2D eigenvalue weighted by Crippen LogP contribution is 2.21. The Labute approximate surface area is 204 Å². The standard InChI is InChI=1S/C28H28N4O3/c1-18-7-9-19(10-8-18)13-16-23-26(27(29)33)24(32-31-23)17-20-11-14-21(15-12-20)30-28(34)22-5-3-4-6-25(22)35-2/h3-12,14-15H,13,16-17H2,1-2H3,(H2,29,33)(H,30,34)(H,31,32). The van der Waals surface area contributed by atoms with Crippen molar-refractivity contribution in [3.05, 3.63) is 112 Å². The molecule has 0 fully saturated rings. The molecule has 0 saturated carbocycles. The number of methoxy groups -OCH3 is 1. The van der Waals surface area contributed by atoms with Crippen molar-refractivity contribution in [2.45, 2.75) is 26.2 Å². The van der Waals surface area contributed by atoms with Crippen molar-refractivity contribution in [3.8, 4) is 5.75 Å². The number of primary amides is 1. The van der Waals surface area contributed by atoms with Crippen LogP contribution in [0.2, 0.25) is 0 Å². The van der Waals surface area contributed by atoms with Crippen LogP contribution in [0, 0.1) is 6.92 Å². The van der Waals surface area contributed by atoms with Crippen molar-refractivity contribution in [1.29, 1.82) is 0 Å². The van der Waals surface area contributed by atoms with Crippen molar-refractivity contribution in [1.82, 2.24) is 10.2 Å². The minimum absolute atomic E-state index is 0.252. The Kier molecular flexibility index (Phi) is 7.26. The molecular weight excluding hydrogens is 440 g/mol. The lowest BCUT2D eigenvalue weighted by Gasteiger charge is -2.10. The maximum Gasteiger partial charge on any atom is 0.259 e. The number of nitrogens with two attached hydrogens (primary N) is 1. The molecular formula is C28H28N4O3. The first-order valence-corrected chi connectivity index (χ1v) is 11.4. The molecule has 0 aliphatic carbocycles. The maximum absolute atomic E-state index is 12.6. The minimum Gasteiger partial charge on any atom is -0.496 e. The molecule has 0 spiro atoms. The third-order valence-corrected chi connectivity index (χ3v) is 5.88. The third-order valence-electron chi connectivity index (χ3n) is 5.88. The molecule has 7 nitrogen and oxygen atoms in total. The zero-order valence-electron chi connectivity index (χ0n) is 19.8. The van der Waals surface area contributed by atoms with Gasteiger partial charge in [-0.05, 0) is 55.2 Å². The van der Waals surface area contributed by atoms with Gasteiger partial charge in [0.1, 0.15) is 5.75 Å². The van der Waals surface area contributed by atoms with Gasteiger partial charge in [0, 0.05) is 12.1 Å². The summed E-state index contributed by atoms with van der Waals surface area (Å²) in [5.41, 5.74) is 12.0. The highest BCUT2D eigenvalue weighted by Gasteiger charge is 2.18. The molecule has 0 unspecified atom stereocenters. The van der Waals surface area contributed by atoms with E-state index in [1.165, 1.54) is 18.2 Å². The van der Waals surface area contributed by atoms with Crippen LogP contribution in [0.25, 0.3) is 0 Å². The largest absolute Gasteiger partial charge is 0.496 e. The van der Waals surface area contributed by atoms with Gasteiger partial charge in [-0.25, -0.2) is 0 Å². The first-order valence-electron chi connectivity index (χ1n) is 11.4. The number of benzene rings is 3. The summed E-state index contributed by atoms with van der Waals surface area (Å²) in [5, 5.41) is 10.3. The molecule has 4 aromatic rings. The number of hydrogen-bond donors (Lipinski definition) is 3. The second kappa shape index (κ2) is 10.7. The fourth-order valence-electron chi connectivity index (χ4n) is 3.98. The number of aryl methyl sites for hydroxylation is 3. The SMILES string of the molecule is COc1ccccc1C(=O)Nc1ccc(Cc2[nH]nc(CCc3ccc(C)cc3)c2C(N)=O)cc1. The number of hydrogen-bond acceptors (Lipinski definition) is 4. The molecule has 4 rings (SSSR count). The number of rotatable bonds is 9. The van der Waals surface area contributed by atoms with Gasteiger partial charge >= 0.3 is 0 Å². The van der Waals surface area contributed by atoms with Gasteiger partial charge in [0.05, 0.1) is 29.6 Å². The highest BCUT2D eigenvalue weighted by molar-refractivity contribution is 6.06. The van der Waals surface area contributed by atoms with Crippen LogP contribution in [0.15, 0.2) is 72.8 Å². The average molecular weight is 469 g/mol. The van der Waals surface area contributed by atoms with E-state index in [-0.39, 0.29) is 5.91 Å². The summed E-state index contributed by atoms with van der Waals surface area (Å²) in [5.74, 6) is -0.232. The van der Waals surface area contributed by atoms with E-state index in [1.54, 1.807) is 18.2 Å². The summed E-state index contributed by atoms with van der Waals surface area (Å²) in [7, 11) is 1.53. The summed E-state index contributed by atoms with van der Waals surface area (Å²) in [6, 6.07) is 22.8. The van der Waals surface area contributed by atoms with Crippen LogP contribution in [-0.4, -0.2) is 29.1 Å². The van der Waals surface area contributed by atoms with Gasteiger partial charge < -0.3 is 15.8 Å². The van der Waals surface area contributed by atoms with E-state index < -0.39 is 5.91 Å². The summed E-state index contributed by atoms with van der Waals surface area (Å²) < 4.78 is 5.26. The molecule has 0 bridgehead atoms. The number of ether oxygens (including phenoxy) is 1. The molecule has 0 saturated heterocycles. The Hall–Kier alpha value is -4.39. The summed E-state index contributed by atoms with van der Waals surface area (Å²) in [6.07, 6.45) is 1.85. The molecule has 7 heteroatoms. The Morgan fingerprint density at radius 2 is 1.63 bits per heavy atom. The van der Waals surface area contributed by atoms with Gasteiger partial charge in [-0.3, -0.25) is 14.7 Å². The van der Waals surface area contributed by atoms with Crippen LogP contribution < -0.4 is 15.8 Å². The van der Waals surface area contributed by atoms with Crippen molar-refractivity contribution in [2.75, 3.05) is 12.4 Å². The molecule has 4 N–H and O–H groups in total. The molecule has 178 valence electrons. The zero-order valence-corrected chi connectivity index (χ0v) is 19.8. The normalized spacial score (nSPS) is 10.7. The highest BCUT2D eigenvalue weighted by atomic mass is 16.5. The lowest BCUT2D eigenvalue weighted by Crippen LogP contribution is -2.15. The smallest absolute Gasteiger partial charge is 0.259 e. The van der Waals surface area contributed by atoms with Crippen LogP contribution in [0.1, 0.15) is 48.8 Å². The topological polar surface area (TPSA) is 110 Å². The predicted molar refractivity (Wildman–Crippen MR) is 136 cm³/mol. The van der Waals surface area contributed by atoms with Crippen molar-refractivity contribution >= 4 is 17.5 Å².